The molecule has 36 heavy (non-hydrogen) atoms. The summed E-state index contributed by atoms with van der Waals surface area (Å²) in [7, 11) is 0. The minimum atomic E-state index is -0.372. The molecule has 0 radical (unpaired) electrons. The van der Waals surface area contributed by atoms with E-state index in [2.05, 4.69) is 6.58 Å². The average molecular weight is 487 g/mol. The summed E-state index contributed by atoms with van der Waals surface area (Å²) >= 11 is 0. The summed E-state index contributed by atoms with van der Waals surface area (Å²) in [4.78, 5) is 23.3. The molecule has 0 fully saturated rings. The molecule has 0 amide bonds. The first-order chi connectivity index (χ1) is 17.5. The molecule has 188 valence electrons. The molecule has 0 saturated heterocycles. The number of hydrogen-bond acceptors (Lipinski definition) is 5. The standard InChI is InChI=1S/C31H34O5/c1-3-30(32)35-23-9-7-5-4-6-8-22-34-28-20-16-26(17-21-28)25-12-14-27(15-13-25)31(33)36-29-18-10-24(2)11-19-29/h3,10-21H,1,4-9,22-23H2,2H3. The van der Waals surface area contributed by atoms with Gasteiger partial charge < -0.3 is 14.2 Å². The maximum Gasteiger partial charge on any atom is 0.343 e. The molecule has 0 aliphatic rings. The van der Waals surface area contributed by atoms with Crippen LogP contribution in [-0.2, 0) is 9.53 Å². The van der Waals surface area contributed by atoms with Gasteiger partial charge in [0.25, 0.3) is 0 Å². The second kappa shape index (κ2) is 14.5. The molecule has 0 bridgehead atoms. The summed E-state index contributed by atoms with van der Waals surface area (Å²) in [6, 6.07) is 22.8. The Hall–Kier alpha value is -3.86. The number of ether oxygens (including phenoxy) is 3. The van der Waals surface area contributed by atoms with Crippen LogP contribution in [0.1, 0.15) is 54.4 Å². The van der Waals surface area contributed by atoms with Gasteiger partial charge in [0.2, 0.25) is 0 Å². The zero-order chi connectivity index (χ0) is 25.6. The van der Waals surface area contributed by atoms with E-state index in [-0.39, 0.29) is 11.9 Å². The van der Waals surface area contributed by atoms with Gasteiger partial charge in [-0.2, -0.15) is 0 Å². The number of carbonyl (C=O) groups is 2. The fourth-order valence-electron chi connectivity index (χ4n) is 3.65. The molecule has 0 spiro atoms. The third-order valence-corrected chi connectivity index (χ3v) is 5.76. The van der Waals surface area contributed by atoms with Crippen LogP contribution < -0.4 is 9.47 Å². The number of unbranched alkanes of at least 4 members (excludes halogenated alkanes) is 5. The molecule has 5 heteroatoms. The van der Waals surface area contributed by atoms with Gasteiger partial charge in [0.05, 0.1) is 18.8 Å². The van der Waals surface area contributed by atoms with Crippen LogP contribution in [0.5, 0.6) is 11.5 Å². The highest BCUT2D eigenvalue weighted by Crippen LogP contribution is 2.24. The first kappa shape index (κ1) is 26.7. The number of esters is 2. The van der Waals surface area contributed by atoms with Crippen LogP contribution in [0.2, 0.25) is 0 Å². The van der Waals surface area contributed by atoms with Crippen molar-refractivity contribution in [3.05, 3.63) is 96.6 Å². The van der Waals surface area contributed by atoms with Crippen molar-refractivity contribution in [2.45, 2.75) is 45.4 Å². The Morgan fingerprint density at radius 1 is 0.694 bits per heavy atom. The van der Waals surface area contributed by atoms with Crippen molar-refractivity contribution in [1.82, 2.24) is 0 Å². The van der Waals surface area contributed by atoms with E-state index in [1.165, 1.54) is 6.08 Å². The molecule has 0 aliphatic heterocycles. The van der Waals surface area contributed by atoms with E-state index in [9.17, 15) is 9.59 Å². The predicted molar refractivity (Wildman–Crippen MR) is 142 cm³/mol. The van der Waals surface area contributed by atoms with Crippen molar-refractivity contribution in [3.63, 3.8) is 0 Å². The van der Waals surface area contributed by atoms with Crippen LogP contribution in [-0.4, -0.2) is 25.2 Å². The third kappa shape index (κ3) is 9.06. The van der Waals surface area contributed by atoms with E-state index in [0.717, 1.165) is 61.0 Å². The second-order valence-electron chi connectivity index (χ2n) is 8.65. The summed E-state index contributed by atoms with van der Waals surface area (Å²) in [5, 5.41) is 0. The van der Waals surface area contributed by atoms with E-state index in [1.807, 2.05) is 55.5 Å². The van der Waals surface area contributed by atoms with Gasteiger partial charge in [-0.25, -0.2) is 9.59 Å². The summed E-state index contributed by atoms with van der Waals surface area (Å²) in [5.74, 6) is 0.660. The van der Waals surface area contributed by atoms with E-state index in [4.69, 9.17) is 14.2 Å². The molecule has 3 aromatic carbocycles. The maximum atomic E-state index is 12.4. The van der Waals surface area contributed by atoms with E-state index >= 15 is 0 Å². The number of rotatable bonds is 14. The number of carbonyl (C=O) groups excluding carboxylic acids is 2. The number of benzene rings is 3. The molecule has 0 atom stereocenters. The molecule has 5 nitrogen and oxygen atoms in total. The minimum Gasteiger partial charge on any atom is -0.494 e. The van der Waals surface area contributed by atoms with E-state index in [1.54, 1.807) is 24.3 Å². The molecule has 0 N–H and O–H groups in total. The molecular formula is C31H34O5. The Labute approximate surface area is 213 Å². The lowest BCUT2D eigenvalue weighted by Gasteiger charge is -2.08. The van der Waals surface area contributed by atoms with Gasteiger partial charge in [-0.1, -0.05) is 74.2 Å². The van der Waals surface area contributed by atoms with Crippen LogP contribution in [0.25, 0.3) is 11.1 Å². The normalized spacial score (nSPS) is 10.5. The van der Waals surface area contributed by atoms with Crippen molar-refractivity contribution < 1.29 is 23.8 Å². The highest BCUT2D eigenvalue weighted by atomic mass is 16.5. The first-order valence-electron chi connectivity index (χ1n) is 12.5. The van der Waals surface area contributed by atoms with Crippen LogP contribution in [0, 0.1) is 6.92 Å². The van der Waals surface area contributed by atoms with Crippen LogP contribution in [0.15, 0.2) is 85.5 Å². The molecule has 3 aromatic rings. The highest BCUT2D eigenvalue weighted by molar-refractivity contribution is 5.91. The summed E-state index contributed by atoms with van der Waals surface area (Å²) in [6.07, 6.45) is 7.54. The van der Waals surface area contributed by atoms with E-state index in [0.29, 0.717) is 24.5 Å². The van der Waals surface area contributed by atoms with Gasteiger partial charge >= 0.3 is 11.9 Å². The first-order valence-corrected chi connectivity index (χ1v) is 12.5. The van der Waals surface area contributed by atoms with Gasteiger partial charge in [-0.15, -0.1) is 0 Å². The van der Waals surface area contributed by atoms with Crippen molar-refractivity contribution in [1.29, 1.82) is 0 Å². The Bertz CT molecular complexity index is 1100. The lowest BCUT2D eigenvalue weighted by Crippen LogP contribution is -2.08. The molecular weight excluding hydrogens is 452 g/mol. The van der Waals surface area contributed by atoms with Gasteiger partial charge in [0.1, 0.15) is 11.5 Å². The molecule has 0 unspecified atom stereocenters. The number of hydrogen-bond donors (Lipinski definition) is 0. The average Bonchev–Trinajstić information content (AvgIpc) is 2.91. The quantitative estimate of drug-likeness (QED) is 0.103. The Morgan fingerprint density at radius 2 is 1.22 bits per heavy atom. The highest BCUT2D eigenvalue weighted by Gasteiger charge is 2.09. The van der Waals surface area contributed by atoms with Gasteiger partial charge in [-0.05, 0) is 67.3 Å². The topological polar surface area (TPSA) is 61.8 Å². The Balaban J connectivity index is 1.34. The lowest BCUT2D eigenvalue weighted by atomic mass is 10.0. The zero-order valence-corrected chi connectivity index (χ0v) is 20.9. The monoisotopic (exact) mass is 486 g/mol. The molecule has 0 saturated carbocycles. The SMILES string of the molecule is C=CC(=O)OCCCCCCCCOc1ccc(-c2ccc(C(=O)Oc3ccc(C)cc3)cc2)cc1. The predicted octanol–water partition coefficient (Wildman–Crippen LogP) is 7.33. The van der Waals surface area contributed by atoms with Crippen LogP contribution >= 0.6 is 0 Å². The smallest absolute Gasteiger partial charge is 0.343 e. The summed E-state index contributed by atoms with van der Waals surface area (Å²) in [6.45, 7) is 6.52. The van der Waals surface area contributed by atoms with Crippen molar-refractivity contribution in [3.8, 4) is 22.6 Å². The minimum absolute atomic E-state index is 0.353. The summed E-state index contributed by atoms with van der Waals surface area (Å²) in [5.41, 5.74) is 3.70. The molecule has 0 aromatic heterocycles. The fourth-order valence-corrected chi connectivity index (χ4v) is 3.65. The van der Waals surface area contributed by atoms with Gasteiger partial charge in [0.15, 0.2) is 0 Å². The van der Waals surface area contributed by atoms with E-state index < -0.39 is 0 Å². The van der Waals surface area contributed by atoms with Crippen LogP contribution in [0.4, 0.5) is 0 Å². The second-order valence-corrected chi connectivity index (χ2v) is 8.65. The molecule has 3 rings (SSSR count). The van der Waals surface area contributed by atoms with Gasteiger partial charge in [0, 0.05) is 6.08 Å². The fraction of sp³-hybridized carbons (Fsp3) is 0.290. The van der Waals surface area contributed by atoms with Crippen molar-refractivity contribution in [2.75, 3.05) is 13.2 Å². The maximum absolute atomic E-state index is 12.4. The number of aryl methyl sites for hydroxylation is 1. The van der Waals surface area contributed by atoms with Crippen molar-refractivity contribution >= 4 is 11.9 Å². The Morgan fingerprint density at radius 3 is 1.83 bits per heavy atom. The largest absolute Gasteiger partial charge is 0.494 e. The van der Waals surface area contributed by atoms with Crippen molar-refractivity contribution in [2.24, 2.45) is 0 Å². The zero-order valence-electron chi connectivity index (χ0n) is 20.9. The van der Waals surface area contributed by atoms with Gasteiger partial charge in [-0.3, -0.25) is 0 Å². The summed E-state index contributed by atoms with van der Waals surface area (Å²) < 4.78 is 16.3. The molecule has 0 aliphatic carbocycles. The van der Waals surface area contributed by atoms with Crippen LogP contribution in [0.3, 0.4) is 0 Å². The Kier molecular flexibility index (Phi) is 10.8. The lowest BCUT2D eigenvalue weighted by molar-refractivity contribution is -0.137. The third-order valence-electron chi connectivity index (χ3n) is 5.76. The molecule has 0 heterocycles.